The summed E-state index contributed by atoms with van der Waals surface area (Å²) in [7, 11) is 0. The van der Waals surface area contributed by atoms with Gasteiger partial charge in [-0.15, -0.1) is 21.5 Å². The molecule has 126 valence electrons. The molecule has 4 rings (SSSR count). The van der Waals surface area contributed by atoms with E-state index in [-0.39, 0.29) is 0 Å². The minimum absolute atomic E-state index is 0.588. The fraction of sp³-hybridized carbons (Fsp3) is 0.0556. The summed E-state index contributed by atoms with van der Waals surface area (Å²) in [5.41, 5.74) is 3.43. The number of hydrogen-bond donors (Lipinski definition) is 1. The Kier molecular flexibility index (Phi) is 4.44. The molecule has 0 unspecified atom stereocenters. The molecule has 0 radical (unpaired) electrons. The standard InChI is InChI=1S/C18H11ClN6S/c19-13-3-1-11(2-4-13)7-14-15(8-20)16(12-5-6-22-23-9-12)26-17(14)18-21-10-24-25-18/h1-6,9-10H,7H2,(H,21,24,25). The molecule has 4 aromatic rings. The van der Waals surface area contributed by atoms with Gasteiger partial charge in [0.25, 0.3) is 0 Å². The van der Waals surface area contributed by atoms with E-state index >= 15 is 0 Å². The lowest BCUT2D eigenvalue weighted by Gasteiger charge is -2.04. The lowest BCUT2D eigenvalue weighted by molar-refractivity contribution is 1.03. The van der Waals surface area contributed by atoms with Gasteiger partial charge in [-0.3, -0.25) is 0 Å². The monoisotopic (exact) mass is 378 g/mol. The van der Waals surface area contributed by atoms with Gasteiger partial charge in [-0.25, -0.2) is 0 Å². The summed E-state index contributed by atoms with van der Waals surface area (Å²) >= 11 is 7.48. The van der Waals surface area contributed by atoms with Gasteiger partial charge in [0.05, 0.1) is 27.7 Å². The lowest BCUT2D eigenvalue weighted by Crippen LogP contribution is -1.93. The molecule has 0 fully saturated rings. The van der Waals surface area contributed by atoms with Crippen LogP contribution in [-0.2, 0) is 6.42 Å². The van der Waals surface area contributed by atoms with E-state index < -0.39 is 0 Å². The van der Waals surface area contributed by atoms with E-state index in [4.69, 9.17) is 11.6 Å². The number of halogens is 1. The zero-order valence-corrected chi connectivity index (χ0v) is 14.9. The molecule has 0 spiro atoms. The molecule has 0 amide bonds. The van der Waals surface area contributed by atoms with Gasteiger partial charge in [0.2, 0.25) is 0 Å². The van der Waals surface area contributed by atoms with Crippen molar-refractivity contribution in [2.24, 2.45) is 0 Å². The van der Waals surface area contributed by atoms with Crippen molar-refractivity contribution in [3.05, 3.63) is 70.8 Å². The first kappa shape index (κ1) is 16.4. The summed E-state index contributed by atoms with van der Waals surface area (Å²) < 4.78 is 0. The average molecular weight is 379 g/mol. The minimum Gasteiger partial charge on any atom is -0.327 e. The van der Waals surface area contributed by atoms with Crippen molar-refractivity contribution in [2.75, 3.05) is 0 Å². The normalized spacial score (nSPS) is 10.6. The van der Waals surface area contributed by atoms with Crippen molar-refractivity contribution in [1.82, 2.24) is 25.4 Å². The SMILES string of the molecule is N#Cc1c(-c2ccnnc2)sc(-c2nnc[nH]2)c1Cc1ccc(Cl)cc1. The van der Waals surface area contributed by atoms with Crippen molar-refractivity contribution < 1.29 is 0 Å². The van der Waals surface area contributed by atoms with E-state index in [1.165, 1.54) is 17.7 Å². The fourth-order valence-electron chi connectivity index (χ4n) is 2.69. The first-order valence-electron chi connectivity index (χ1n) is 7.70. The zero-order valence-electron chi connectivity index (χ0n) is 13.3. The summed E-state index contributed by atoms with van der Waals surface area (Å²) in [6, 6.07) is 11.8. The number of nitrogens with zero attached hydrogens (tertiary/aromatic N) is 5. The fourth-order valence-corrected chi connectivity index (χ4v) is 4.03. The van der Waals surface area contributed by atoms with Gasteiger partial charge in [0, 0.05) is 17.0 Å². The largest absolute Gasteiger partial charge is 0.327 e. The van der Waals surface area contributed by atoms with Crippen LogP contribution in [-0.4, -0.2) is 25.4 Å². The molecule has 0 saturated carbocycles. The molecule has 1 aromatic carbocycles. The molecule has 3 heterocycles. The molecule has 0 atom stereocenters. The van der Waals surface area contributed by atoms with E-state index in [9.17, 15) is 5.26 Å². The third kappa shape index (κ3) is 3.08. The first-order valence-corrected chi connectivity index (χ1v) is 8.89. The molecule has 26 heavy (non-hydrogen) atoms. The van der Waals surface area contributed by atoms with Crippen LogP contribution in [0.3, 0.4) is 0 Å². The van der Waals surface area contributed by atoms with Crippen molar-refractivity contribution in [3.63, 3.8) is 0 Å². The topological polar surface area (TPSA) is 91.1 Å². The maximum Gasteiger partial charge on any atom is 0.171 e. The summed E-state index contributed by atoms with van der Waals surface area (Å²) in [6.45, 7) is 0. The van der Waals surface area contributed by atoms with Crippen LogP contribution < -0.4 is 0 Å². The molecule has 1 N–H and O–H groups in total. The van der Waals surface area contributed by atoms with Gasteiger partial charge in [-0.05, 0) is 29.3 Å². The quantitative estimate of drug-likeness (QED) is 0.577. The molecule has 0 bridgehead atoms. The summed E-state index contributed by atoms with van der Waals surface area (Å²) in [4.78, 5) is 4.77. The number of hydrogen-bond acceptors (Lipinski definition) is 6. The maximum absolute atomic E-state index is 9.85. The molecule has 6 nitrogen and oxygen atoms in total. The second-order valence-corrected chi connectivity index (χ2v) is 6.95. The minimum atomic E-state index is 0.588. The van der Waals surface area contributed by atoms with Crippen LogP contribution in [0.15, 0.2) is 49.1 Å². The predicted octanol–water partition coefficient (Wildman–Crippen LogP) is 4.11. The van der Waals surface area contributed by atoms with Gasteiger partial charge in [-0.2, -0.15) is 15.5 Å². The number of H-pyrrole nitrogens is 1. The highest BCUT2D eigenvalue weighted by Gasteiger charge is 2.22. The summed E-state index contributed by atoms with van der Waals surface area (Å²) in [5, 5.41) is 26.3. The van der Waals surface area contributed by atoms with Gasteiger partial charge in [-0.1, -0.05) is 23.7 Å². The van der Waals surface area contributed by atoms with Crippen molar-refractivity contribution in [2.45, 2.75) is 6.42 Å². The highest BCUT2D eigenvalue weighted by Crippen LogP contribution is 2.41. The number of aromatic amines is 1. The number of thiophene rings is 1. The van der Waals surface area contributed by atoms with Crippen LogP contribution in [0.2, 0.25) is 5.02 Å². The molecule has 3 aromatic heterocycles. The van der Waals surface area contributed by atoms with E-state index in [0.717, 1.165) is 26.4 Å². The molecule has 8 heteroatoms. The Labute approximate surface area is 158 Å². The van der Waals surface area contributed by atoms with E-state index in [1.54, 1.807) is 12.4 Å². The van der Waals surface area contributed by atoms with E-state index in [0.29, 0.717) is 22.8 Å². The number of nitrogens with one attached hydrogen (secondary N) is 1. The second kappa shape index (κ2) is 7.04. The van der Waals surface area contributed by atoms with Gasteiger partial charge in [0.1, 0.15) is 12.4 Å². The Morgan fingerprint density at radius 1 is 1.08 bits per heavy atom. The van der Waals surface area contributed by atoms with Crippen LogP contribution in [0, 0.1) is 11.3 Å². The van der Waals surface area contributed by atoms with Crippen LogP contribution in [0.1, 0.15) is 16.7 Å². The van der Waals surface area contributed by atoms with Crippen molar-refractivity contribution in [1.29, 1.82) is 5.26 Å². The van der Waals surface area contributed by atoms with Crippen LogP contribution in [0.5, 0.6) is 0 Å². The van der Waals surface area contributed by atoms with Gasteiger partial charge in [0.15, 0.2) is 5.82 Å². The average Bonchev–Trinajstić information content (AvgIpc) is 3.32. The number of nitriles is 1. The molecular formula is C18H11ClN6S. The van der Waals surface area contributed by atoms with Crippen LogP contribution in [0.4, 0.5) is 0 Å². The Bertz CT molecular complexity index is 1070. The third-order valence-corrected chi connectivity index (χ3v) is 5.43. The third-order valence-electron chi connectivity index (χ3n) is 3.89. The lowest BCUT2D eigenvalue weighted by atomic mass is 9.99. The Morgan fingerprint density at radius 2 is 1.92 bits per heavy atom. The molecule has 0 saturated heterocycles. The van der Waals surface area contributed by atoms with E-state index in [2.05, 4.69) is 31.4 Å². The Balaban J connectivity index is 1.89. The highest BCUT2D eigenvalue weighted by atomic mass is 35.5. The first-order chi connectivity index (χ1) is 12.8. The molecule has 0 aliphatic heterocycles. The number of benzene rings is 1. The van der Waals surface area contributed by atoms with Gasteiger partial charge >= 0.3 is 0 Å². The Hall–Kier alpha value is -3.08. The zero-order chi connectivity index (χ0) is 17.9. The maximum atomic E-state index is 9.85. The number of aromatic nitrogens is 5. The number of rotatable bonds is 4. The van der Waals surface area contributed by atoms with Crippen LogP contribution >= 0.6 is 22.9 Å². The van der Waals surface area contributed by atoms with Crippen LogP contribution in [0.25, 0.3) is 21.1 Å². The summed E-state index contributed by atoms with van der Waals surface area (Å²) in [6.07, 6.45) is 5.39. The van der Waals surface area contributed by atoms with Crippen molar-refractivity contribution in [3.8, 4) is 27.2 Å². The van der Waals surface area contributed by atoms with E-state index in [1.807, 2.05) is 30.3 Å². The molecule has 0 aliphatic rings. The van der Waals surface area contributed by atoms with Crippen molar-refractivity contribution >= 4 is 22.9 Å². The molecule has 0 aliphatic carbocycles. The summed E-state index contributed by atoms with van der Waals surface area (Å²) in [5.74, 6) is 0.642. The second-order valence-electron chi connectivity index (χ2n) is 5.50. The Morgan fingerprint density at radius 3 is 2.58 bits per heavy atom. The van der Waals surface area contributed by atoms with Gasteiger partial charge < -0.3 is 4.98 Å². The molecular weight excluding hydrogens is 368 g/mol. The highest BCUT2D eigenvalue weighted by molar-refractivity contribution is 7.19. The predicted molar refractivity (Wildman–Crippen MR) is 99.7 cm³/mol. The smallest absolute Gasteiger partial charge is 0.171 e.